The molecule has 106 valence electrons. The van der Waals surface area contributed by atoms with Crippen LogP contribution < -0.4 is 22.9 Å². The number of nitrogens with zero attached hydrogens (tertiary/aromatic N) is 6. The molecule has 0 aliphatic rings. The first kappa shape index (κ1) is 12.9. The normalized spacial score (nSPS) is 10.6. The minimum Gasteiger partial charge on any atom is -0.376 e. The van der Waals surface area contributed by atoms with Crippen LogP contribution in [0.2, 0.25) is 0 Å². The fraction of sp³-hybridized carbons (Fsp3) is 0. The second-order valence-electron chi connectivity index (χ2n) is 3.53. The van der Waals surface area contributed by atoms with E-state index >= 15 is 0 Å². The highest BCUT2D eigenvalue weighted by atomic mass is 16.6. The first-order valence-electron chi connectivity index (χ1n) is 4.83. The quantitative estimate of drug-likeness (QED) is 0.377. The lowest BCUT2D eigenvalue weighted by Crippen LogP contribution is -2.18. The number of nitrogens with two attached hydrogens (primary N) is 4. The summed E-state index contributed by atoms with van der Waals surface area (Å²) in [5.74, 6) is -2.00. The average Bonchev–Trinajstić information content (AvgIpc) is 2.76. The third-order valence-corrected chi connectivity index (χ3v) is 2.35. The second kappa shape index (κ2) is 3.97. The van der Waals surface area contributed by atoms with E-state index < -0.39 is 44.5 Å². The van der Waals surface area contributed by atoms with Gasteiger partial charge in [0.15, 0.2) is 0 Å². The van der Waals surface area contributed by atoms with Gasteiger partial charge in [-0.05, 0) is 0 Å². The van der Waals surface area contributed by atoms with Crippen LogP contribution in [0.3, 0.4) is 0 Å². The zero-order valence-corrected chi connectivity index (χ0v) is 9.63. The smallest absolute Gasteiger partial charge is 0.356 e. The van der Waals surface area contributed by atoms with Gasteiger partial charge in [-0.1, -0.05) is 0 Å². The molecule has 2 rings (SSSR count). The Balaban J connectivity index is 2.71. The third kappa shape index (κ3) is 1.59. The summed E-state index contributed by atoms with van der Waals surface area (Å²) >= 11 is 0. The Morgan fingerprint density at radius 2 is 1.10 bits per heavy atom. The molecule has 0 saturated heterocycles. The Kier molecular flexibility index (Phi) is 2.55. The van der Waals surface area contributed by atoms with Crippen molar-refractivity contribution in [2.75, 3.05) is 22.9 Å². The average molecular weight is 284 g/mol. The van der Waals surface area contributed by atoms with Crippen LogP contribution >= 0.6 is 0 Å². The fourth-order valence-corrected chi connectivity index (χ4v) is 1.52. The van der Waals surface area contributed by atoms with Crippen molar-refractivity contribution in [3.05, 3.63) is 20.2 Å². The summed E-state index contributed by atoms with van der Waals surface area (Å²) in [6.07, 6.45) is 0. The van der Waals surface area contributed by atoms with Gasteiger partial charge in [0.25, 0.3) is 0 Å². The van der Waals surface area contributed by atoms with Gasteiger partial charge in [-0.3, -0.25) is 20.2 Å². The molecule has 0 unspecified atom stereocenters. The Morgan fingerprint density at radius 3 is 1.30 bits per heavy atom. The largest absolute Gasteiger partial charge is 0.376 e. The standard InChI is InChI=1S/C6H8N10O4/c7-3-1(15(17)18)5(9)13(11-3)14-6(10)2(16(19)20)4(8)12-14/h9-10H2,(H2,7,11)(H2,8,12). The fourth-order valence-electron chi connectivity index (χ4n) is 1.52. The molecule has 2 heterocycles. The Hall–Kier alpha value is -3.58. The zero-order chi connectivity index (χ0) is 15.2. The second-order valence-corrected chi connectivity index (χ2v) is 3.53. The van der Waals surface area contributed by atoms with E-state index in [9.17, 15) is 20.2 Å². The van der Waals surface area contributed by atoms with Crippen LogP contribution in [0, 0.1) is 20.2 Å². The van der Waals surface area contributed by atoms with Gasteiger partial charge in [-0.15, -0.1) is 19.8 Å². The summed E-state index contributed by atoms with van der Waals surface area (Å²) in [5.41, 5.74) is 20.3. The van der Waals surface area contributed by atoms with Gasteiger partial charge in [0.1, 0.15) is 0 Å². The van der Waals surface area contributed by atoms with Crippen LogP contribution in [0.1, 0.15) is 0 Å². The first-order valence-corrected chi connectivity index (χ1v) is 4.83. The van der Waals surface area contributed by atoms with E-state index in [1.54, 1.807) is 0 Å². The van der Waals surface area contributed by atoms with E-state index in [2.05, 4.69) is 10.2 Å². The van der Waals surface area contributed by atoms with E-state index in [0.29, 0.717) is 9.58 Å². The molecule has 0 amide bonds. The van der Waals surface area contributed by atoms with Gasteiger partial charge >= 0.3 is 11.4 Å². The molecule has 0 aliphatic heterocycles. The van der Waals surface area contributed by atoms with Crippen LogP contribution in [-0.4, -0.2) is 29.6 Å². The summed E-state index contributed by atoms with van der Waals surface area (Å²) in [5, 5.41) is 28.6. The lowest BCUT2D eigenvalue weighted by Gasteiger charge is -2.02. The molecule has 0 aliphatic carbocycles. The Morgan fingerprint density at radius 1 is 0.800 bits per heavy atom. The molecule has 2 aromatic heterocycles. The Bertz CT molecular complexity index is 666. The molecular weight excluding hydrogens is 276 g/mol. The molecule has 14 nitrogen and oxygen atoms in total. The lowest BCUT2D eigenvalue weighted by atomic mass is 10.5. The molecular formula is C6H8N10O4. The predicted molar refractivity (Wildman–Crippen MR) is 66.2 cm³/mol. The number of hydrogen-bond acceptors (Lipinski definition) is 10. The summed E-state index contributed by atoms with van der Waals surface area (Å²) in [6.45, 7) is 0. The molecule has 0 aromatic carbocycles. The van der Waals surface area contributed by atoms with E-state index in [1.807, 2.05) is 0 Å². The van der Waals surface area contributed by atoms with Crippen molar-refractivity contribution in [2.45, 2.75) is 0 Å². The number of hydrogen-bond donors (Lipinski definition) is 4. The molecule has 0 atom stereocenters. The number of rotatable bonds is 3. The molecule has 20 heavy (non-hydrogen) atoms. The third-order valence-electron chi connectivity index (χ3n) is 2.35. The maximum Gasteiger partial charge on any atom is 0.356 e. The summed E-state index contributed by atoms with van der Waals surface area (Å²) < 4.78 is 0. The van der Waals surface area contributed by atoms with Gasteiger partial charge < -0.3 is 22.9 Å². The molecule has 0 spiro atoms. The van der Waals surface area contributed by atoms with E-state index in [0.717, 1.165) is 0 Å². The number of nitrogen functional groups attached to an aromatic ring is 4. The minimum absolute atomic E-state index is 0.497. The van der Waals surface area contributed by atoms with E-state index in [4.69, 9.17) is 22.9 Å². The van der Waals surface area contributed by atoms with Gasteiger partial charge in [0.05, 0.1) is 9.85 Å². The lowest BCUT2D eigenvalue weighted by molar-refractivity contribution is -0.383. The summed E-state index contributed by atoms with van der Waals surface area (Å²) in [6, 6.07) is 0. The maximum absolute atomic E-state index is 10.8. The van der Waals surface area contributed by atoms with Crippen molar-refractivity contribution in [1.82, 2.24) is 19.8 Å². The highest BCUT2D eigenvalue weighted by molar-refractivity contribution is 5.69. The zero-order valence-electron chi connectivity index (χ0n) is 9.63. The monoisotopic (exact) mass is 284 g/mol. The minimum atomic E-state index is -0.856. The highest BCUT2D eigenvalue weighted by Gasteiger charge is 2.30. The van der Waals surface area contributed by atoms with Crippen molar-refractivity contribution in [3.8, 4) is 0 Å². The number of aromatic nitrogens is 4. The number of nitro groups is 2. The Labute approximate surface area is 108 Å². The van der Waals surface area contributed by atoms with Crippen molar-refractivity contribution in [1.29, 1.82) is 0 Å². The van der Waals surface area contributed by atoms with Gasteiger partial charge in [0.2, 0.25) is 23.3 Å². The molecule has 0 fully saturated rings. The first-order chi connectivity index (χ1) is 9.25. The summed E-state index contributed by atoms with van der Waals surface area (Å²) in [4.78, 5) is 21.1. The SMILES string of the molecule is Nc1nn(-n2nc(N)c([N+](=O)[O-])c2N)c(N)c1[N+](=O)[O-]. The molecule has 8 N–H and O–H groups in total. The summed E-state index contributed by atoms with van der Waals surface area (Å²) in [7, 11) is 0. The van der Waals surface area contributed by atoms with Crippen molar-refractivity contribution in [2.24, 2.45) is 0 Å². The van der Waals surface area contributed by atoms with Gasteiger partial charge in [-0.25, -0.2) is 0 Å². The molecule has 0 bridgehead atoms. The highest BCUT2D eigenvalue weighted by Crippen LogP contribution is 2.32. The van der Waals surface area contributed by atoms with Crippen LogP contribution in [0.4, 0.5) is 34.6 Å². The van der Waals surface area contributed by atoms with Crippen molar-refractivity contribution in [3.63, 3.8) is 0 Å². The van der Waals surface area contributed by atoms with Crippen LogP contribution in [0.5, 0.6) is 0 Å². The van der Waals surface area contributed by atoms with E-state index in [1.165, 1.54) is 0 Å². The molecule has 2 aromatic rings. The van der Waals surface area contributed by atoms with Crippen molar-refractivity contribution >= 4 is 34.6 Å². The molecule has 0 saturated carbocycles. The van der Waals surface area contributed by atoms with Crippen LogP contribution in [0.25, 0.3) is 0 Å². The molecule has 14 heteroatoms. The van der Waals surface area contributed by atoms with Crippen LogP contribution in [0.15, 0.2) is 0 Å². The van der Waals surface area contributed by atoms with Gasteiger partial charge in [-0.2, -0.15) is 0 Å². The van der Waals surface area contributed by atoms with Crippen molar-refractivity contribution < 1.29 is 9.85 Å². The number of anilines is 4. The van der Waals surface area contributed by atoms with E-state index in [-0.39, 0.29) is 0 Å². The predicted octanol–water partition coefficient (Wildman–Crippen LogP) is -1.46. The van der Waals surface area contributed by atoms with Gasteiger partial charge in [0, 0.05) is 0 Å². The van der Waals surface area contributed by atoms with Crippen LogP contribution in [-0.2, 0) is 0 Å². The molecule has 0 radical (unpaired) electrons. The topological polar surface area (TPSA) is 226 Å². The maximum atomic E-state index is 10.8.